The zero-order valence-corrected chi connectivity index (χ0v) is 14.1. The standard InChI is InChI=1S/C17H23FN2O5/c1-9(2)20-14(21)7-12-15(22)16(23)13(25-12)8-19-17(24)10-4-3-5-11(18)6-10/h3-6,9,12-13,15-16,22-23H,7-8H2,1-2H3,(H,19,24)(H,20,21). The summed E-state index contributed by atoms with van der Waals surface area (Å²) in [6, 6.07) is 5.15. The Balaban J connectivity index is 1.88. The molecule has 0 aliphatic carbocycles. The highest BCUT2D eigenvalue weighted by atomic mass is 19.1. The Morgan fingerprint density at radius 2 is 1.92 bits per heavy atom. The van der Waals surface area contributed by atoms with Gasteiger partial charge in [-0.1, -0.05) is 6.07 Å². The molecule has 0 saturated carbocycles. The molecule has 4 atom stereocenters. The van der Waals surface area contributed by atoms with E-state index in [0.29, 0.717) is 0 Å². The number of aliphatic hydroxyl groups excluding tert-OH is 2. The number of hydrogen-bond acceptors (Lipinski definition) is 5. The Morgan fingerprint density at radius 1 is 1.24 bits per heavy atom. The molecule has 2 amide bonds. The molecule has 0 spiro atoms. The van der Waals surface area contributed by atoms with E-state index in [1.165, 1.54) is 18.2 Å². The average molecular weight is 354 g/mol. The van der Waals surface area contributed by atoms with E-state index in [1.807, 2.05) is 13.8 Å². The van der Waals surface area contributed by atoms with E-state index in [0.717, 1.165) is 6.07 Å². The van der Waals surface area contributed by atoms with E-state index < -0.39 is 36.1 Å². The van der Waals surface area contributed by atoms with Crippen LogP contribution in [0.25, 0.3) is 0 Å². The zero-order valence-electron chi connectivity index (χ0n) is 14.1. The number of nitrogens with one attached hydrogen (secondary N) is 2. The minimum Gasteiger partial charge on any atom is -0.388 e. The second-order valence-electron chi connectivity index (χ2n) is 6.34. The Labute approximate surface area is 145 Å². The number of amides is 2. The summed E-state index contributed by atoms with van der Waals surface area (Å²) in [5, 5.41) is 25.2. The van der Waals surface area contributed by atoms with Crippen LogP contribution in [0.15, 0.2) is 24.3 Å². The molecule has 1 aromatic rings. The minimum absolute atomic E-state index is 0.0441. The number of rotatable bonds is 6. The van der Waals surface area contributed by atoms with Crippen LogP contribution >= 0.6 is 0 Å². The smallest absolute Gasteiger partial charge is 0.251 e. The highest BCUT2D eigenvalue weighted by Crippen LogP contribution is 2.23. The van der Waals surface area contributed by atoms with Gasteiger partial charge in [0.2, 0.25) is 5.91 Å². The summed E-state index contributed by atoms with van der Waals surface area (Å²) in [7, 11) is 0. The van der Waals surface area contributed by atoms with Gasteiger partial charge in [0.05, 0.1) is 12.5 Å². The second-order valence-corrected chi connectivity index (χ2v) is 6.34. The molecule has 8 heteroatoms. The maximum Gasteiger partial charge on any atom is 0.251 e. The first kappa shape index (κ1) is 19.3. The van der Waals surface area contributed by atoms with E-state index in [1.54, 1.807) is 0 Å². The third-order valence-electron chi connectivity index (χ3n) is 3.85. The Morgan fingerprint density at radius 3 is 2.56 bits per heavy atom. The Kier molecular flexibility index (Phi) is 6.46. The fourth-order valence-corrected chi connectivity index (χ4v) is 2.65. The van der Waals surface area contributed by atoms with Gasteiger partial charge < -0.3 is 25.6 Å². The molecular formula is C17H23FN2O5. The van der Waals surface area contributed by atoms with Crippen LogP contribution in [0, 0.1) is 5.82 Å². The molecule has 1 aliphatic rings. The van der Waals surface area contributed by atoms with Crippen LogP contribution in [0.1, 0.15) is 30.6 Å². The summed E-state index contributed by atoms with van der Waals surface area (Å²) >= 11 is 0. The number of aliphatic hydroxyl groups is 2. The highest BCUT2D eigenvalue weighted by Gasteiger charge is 2.43. The Hall–Kier alpha value is -2.03. The SMILES string of the molecule is CC(C)NC(=O)CC1OC(CNC(=O)c2cccc(F)c2)C(O)C1O. The third kappa shape index (κ3) is 5.22. The summed E-state index contributed by atoms with van der Waals surface area (Å²) in [5.41, 5.74) is 0.140. The lowest BCUT2D eigenvalue weighted by atomic mass is 10.1. The van der Waals surface area contributed by atoms with Crippen molar-refractivity contribution in [1.29, 1.82) is 0 Å². The molecule has 7 nitrogen and oxygen atoms in total. The van der Waals surface area contributed by atoms with Crippen molar-refractivity contribution in [2.75, 3.05) is 6.54 Å². The van der Waals surface area contributed by atoms with Crippen molar-refractivity contribution in [3.8, 4) is 0 Å². The fourth-order valence-electron chi connectivity index (χ4n) is 2.65. The van der Waals surface area contributed by atoms with Crippen LogP contribution < -0.4 is 10.6 Å². The number of carbonyl (C=O) groups is 2. The van der Waals surface area contributed by atoms with E-state index in [2.05, 4.69) is 10.6 Å². The molecule has 0 aromatic heterocycles. The van der Waals surface area contributed by atoms with Gasteiger partial charge in [-0.05, 0) is 32.0 Å². The monoisotopic (exact) mass is 354 g/mol. The average Bonchev–Trinajstić information content (AvgIpc) is 2.79. The molecule has 1 heterocycles. The van der Waals surface area contributed by atoms with Crippen molar-refractivity contribution in [3.05, 3.63) is 35.6 Å². The first-order chi connectivity index (χ1) is 11.8. The summed E-state index contributed by atoms with van der Waals surface area (Å²) in [6.07, 6.45) is -4.27. The molecule has 1 saturated heterocycles. The molecule has 138 valence electrons. The quantitative estimate of drug-likeness (QED) is 0.573. The highest BCUT2D eigenvalue weighted by molar-refractivity contribution is 5.94. The first-order valence-corrected chi connectivity index (χ1v) is 8.12. The molecule has 4 unspecified atom stereocenters. The second kappa shape index (κ2) is 8.37. The van der Waals surface area contributed by atoms with Gasteiger partial charge in [-0.3, -0.25) is 9.59 Å². The van der Waals surface area contributed by atoms with Gasteiger partial charge in [0, 0.05) is 18.2 Å². The van der Waals surface area contributed by atoms with Crippen LogP contribution in [0.5, 0.6) is 0 Å². The predicted octanol–water partition coefficient (Wildman–Crippen LogP) is -0.0406. The molecule has 1 aromatic carbocycles. The number of carbonyl (C=O) groups excluding carboxylic acids is 2. The van der Waals surface area contributed by atoms with E-state index in [9.17, 15) is 24.2 Å². The maximum atomic E-state index is 13.1. The number of halogens is 1. The molecule has 1 aliphatic heterocycles. The lowest BCUT2D eigenvalue weighted by Gasteiger charge is -2.16. The normalized spacial score (nSPS) is 25.8. The van der Waals surface area contributed by atoms with Gasteiger partial charge in [0.25, 0.3) is 5.91 Å². The molecule has 1 fully saturated rings. The van der Waals surface area contributed by atoms with E-state index in [4.69, 9.17) is 4.74 Å². The maximum absolute atomic E-state index is 13.1. The largest absolute Gasteiger partial charge is 0.388 e. The molecular weight excluding hydrogens is 331 g/mol. The van der Waals surface area contributed by atoms with Crippen molar-refractivity contribution >= 4 is 11.8 Å². The van der Waals surface area contributed by atoms with Crippen molar-refractivity contribution in [1.82, 2.24) is 10.6 Å². The summed E-state index contributed by atoms with van der Waals surface area (Å²) in [5.74, 6) is -1.35. The van der Waals surface area contributed by atoms with E-state index >= 15 is 0 Å². The topological polar surface area (TPSA) is 108 Å². The van der Waals surface area contributed by atoms with Crippen molar-refractivity contribution in [2.45, 2.75) is 50.7 Å². The first-order valence-electron chi connectivity index (χ1n) is 8.12. The van der Waals surface area contributed by atoms with Crippen LogP contribution in [0.4, 0.5) is 4.39 Å². The lowest BCUT2D eigenvalue weighted by Crippen LogP contribution is -2.40. The van der Waals surface area contributed by atoms with Gasteiger partial charge in [-0.15, -0.1) is 0 Å². The Bertz CT molecular complexity index is 625. The van der Waals surface area contributed by atoms with Gasteiger partial charge in [-0.25, -0.2) is 4.39 Å². The van der Waals surface area contributed by atoms with Gasteiger partial charge >= 0.3 is 0 Å². The fraction of sp³-hybridized carbons (Fsp3) is 0.529. The number of ether oxygens (including phenoxy) is 1. The van der Waals surface area contributed by atoms with Crippen LogP contribution in [0.2, 0.25) is 0 Å². The van der Waals surface area contributed by atoms with Crippen molar-refractivity contribution in [3.63, 3.8) is 0 Å². The summed E-state index contributed by atoms with van der Waals surface area (Å²) < 4.78 is 18.6. The molecule has 4 N–H and O–H groups in total. The molecule has 25 heavy (non-hydrogen) atoms. The molecule has 0 bridgehead atoms. The van der Waals surface area contributed by atoms with Gasteiger partial charge in [0.15, 0.2) is 0 Å². The third-order valence-corrected chi connectivity index (χ3v) is 3.85. The van der Waals surface area contributed by atoms with Gasteiger partial charge in [0.1, 0.15) is 24.1 Å². The molecule has 2 rings (SSSR count). The van der Waals surface area contributed by atoms with Crippen LogP contribution in [-0.2, 0) is 9.53 Å². The number of hydrogen-bond donors (Lipinski definition) is 4. The van der Waals surface area contributed by atoms with Crippen molar-refractivity contribution < 1.29 is 28.9 Å². The summed E-state index contributed by atoms with van der Waals surface area (Å²) in [6.45, 7) is 3.54. The van der Waals surface area contributed by atoms with Crippen molar-refractivity contribution in [2.24, 2.45) is 0 Å². The lowest BCUT2D eigenvalue weighted by molar-refractivity contribution is -0.125. The minimum atomic E-state index is -1.23. The predicted molar refractivity (Wildman–Crippen MR) is 87.3 cm³/mol. The number of benzene rings is 1. The molecule has 0 radical (unpaired) electrons. The zero-order chi connectivity index (χ0) is 18.6. The van der Waals surface area contributed by atoms with Gasteiger partial charge in [-0.2, -0.15) is 0 Å². The van der Waals surface area contributed by atoms with Crippen LogP contribution in [-0.4, -0.2) is 59.0 Å². The van der Waals surface area contributed by atoms with Crippen LogP contribution in [0.3, 0.4) is 0 Å². The van der Waals surface area contributed by atoms with E-state index in [-0.39, 0.29) is 30.5 Å². The summed E-state index contributed by atoms with van der Waals surface area (Å²) in [4.78, 5) is 23.7.